The summed E-state index contributed by atoms with van der Waals surface area (Å²) in [6, 6.07) is 28.6. The SMILES string of the molecule is CCc1ccc(COc2ccc(NCNc3cc(C(C)(C)C)nn3-c3ccc(C)cc3)c3ccccc23)cc1NC(=O)C1COCCN1. The standard InChI is InChI=1S/C39H46N6O3/c1-6-28-14-13-27(21-33(28)43-38(46)34-24-47-20-19-40-34)23-48-35-18-17-32(30-9-7-8-10-31(30)35)41-25-42-37-22-36(39(3,4)5)44-45(37)29-15-11-26(2)12-16-29/h7-18,21-22,34,40-42H,6,19-20,23-25H2,1-5H3,(H,43,46). The summed E-state index contributed by atoms with van der Waals surface area (Å²) in [5, 5.41) is 20.5. The monoisotopic (exact) mass is 646 g/mol. The molecule has 250 valence electrons. The summed E-state index contributed by atoms with van der Waals surface area (Å²) in [7, 11) is 0. The minimum atomic E-state index is -0.353. The first-order valence-electron chi connectivity index (χ1n) is 16.7. The molecule has 1 unspecified atom stereocenters. The molecule has 0 aliphatic carbocycles. The van der Waals surface area contributed by atoms with Crippen LogP contribution in [-0.2, 0) is 28.0 Å². The molecule has 5 aromatic rings. The average molecular weight is 647 g/mol. The minimum absolute atomic E-state index is 0.0821. The van der Waals surface area contributed by atoms with E-state index in [-0.39, 0.29) is 17.4 Å². The summed E-state index contributed by atoms with van der Waals surface area (Å²) < 4.78 is 13.8. The van der Waals surface area contributed by atoms with Gasteiger partial charge in [0, 0.05) is 40.2 Å². The summed E-state index contributed by atoms with van der Waals surface area (Å²) >= 11 is 0. The fourth-order valence-electron chi connectivity index (χ4n) is 5.79. The number of hydrogen-bond donors (Lipinski definition) is 4. The molecule has 0 bridgehead atoms. The lowest BCUT2D eigenvalue weighted by Gasteiger charge is -2.23. The van der Waals surface area contributed by atoms with Crippen LogP contribution in [0, 0.1) is 6.92 Å². The van der Waals surface area contributed by atoms with E-state index in [0.717, 1.165) is 62.6 Å². The average Bonchev–Trinajstić information content (AvgIpc) is 3.53. The lowest BCUT2D eigenvalue weighted by molar-refractivity contribution is -0.120. The molecule has 1 aliphatic rings. The predicted molar refractivity (Wildman–Crippen MR) is 194 cm³/mol. The van der Waals surface area contributed by atoms with Gasteiger partial charge >= 0.3 is 0 Å². The Balaban J connectivity index is 1.15. The van der Waals surface area contributed by atoms with Gasteiger partial charge in [-0.25, -0.2) is 4.68 Å². The van der Waals surface area contributed by atoms with E-state index in [0.29, 0.717) is 33.0 Å². The molecule has 6 rings (SSSR count). The molecule has 0 radical (unpaired) electrons. The Bertz CT molecular complexity index is 1870. The highest BCUT2D eigenvalue weighted by molar-refractivity contribution is 5.98. The van der Waals surface area contributed by atoms with Gasteiger partial charge in [0.25, 0.3) is 0 Å². The quantitative estimate of drug-likeness (QED) is 0.113. The second kappa shape index (κ2) is 14.5. The van der Waals surface area contributed by atoms with Crippen molar-refractivity contribution in [3.05, 3.63) is 107 Å². The number of fused-ring (bicyclic) bond motifs is 1. The maximum atomic E-state index is 12.9. The Kier molecular flexibility index (Phi) is 9.98. The molecule has 1 atom stereocenters. The van der Waals surface area contributed by atoms with E-state index < -0.39 is 0 Å². The van der Waals surface area contributed by atoms with Crippen LogP contribution in [0.1, 0.15) is 50.1 Å². The lowest BCUT2D eigenvalue weighted by atomic mass is 9.92. The smallest absolute Gasteiger partial charge is 0.243 e. The third-order valence-corrected chi connectivity index (χ3v) is 8.63. The molecule has 1 aromatic heterocycles. The van der Waals surface area contributed by atoms with Gasteiger partial charge in [0.05, 0.1) is 31.3 Å². The zero-order chi connectivity index (χ0) is 33.7. The highest BCUT2D eigenvalue weighted by atomic mass is 16.5. The van der Waals surface area contributed by atoms with Crippen LogP contribution in [0.15, 0.2) is 84.9 Å². The number of aromatic nitrogens is 2. The van der Waals surface area contributed by atoms with Gasteiger partial charge in [0.1, 0.15) is 24.2 Å². The van der Waals surface area contributed by atoms with Gasteiger partial charge in [-0.1, -0.05) is 81.8 Å². The Morgan fingerprint density at radius 1 is 0.979 bits per heavy atom. The number of ether oxygens (including phenoxy) is 2. The number of benzene rings is 4. The van der Waals surface area contributed by atoms with Crippen LogP contribution in [0.2, 0.25) is 0 Å². The molecule has 48 heavy (non-hydrogen) atoms. The third-order valence-electron chi connectivity index (χ3n) is 8.63. The van der Waals surface area contributed by atoms with Gasteiger partial charge in [0.15, 0.2) is 0 Å². The molecular weight excluding hydrogens is 600 g/mol. The highest BCUT2D eigenvalue weighted by Crippen LogP contribution is 2.33. The van der Waals surface area contributed by atoms with E-state index in [1.54, 1.807) is 0 Å². The van der Waals surface area contributed by atoms with E-state index in [1.165, 1.54) is 5.56 Å². The first-order valence-corrected chi connectivity index (χ1v) is 16.7. The number of aryl methyl sites for hydroxylation is 2. The van der Waals surface area contributed by atoms with Crippen molar-refractivity contribution in [2.45, 2.75) is 59.1 Å². The van der Waals surface area contributed by atoms with Crippen LogP contribution >= 0.6 is 0 Å². The summed E-state index contributed by atoms with van der Waals surface area (Å²) in [4.78, 5) is 12.9. The van der Waals surface area contributed by atoms with Crippen molar-refractivity contribution in [2.24, 2.45) is 0 Å². The number of carbonyl (C=O) groups is 1. The van der Waals surface area contributed by atoms with Crippen LogP contribution in [0.5, 0.6) is 5.75 Å². The topological polar surface area (TPSA) is 101 Å². The fourth-order valence-corrected chi connectivity index (χ4v) is 5.79. The molecule has 9 nitrogen and oxygen atoms in total. The molecule has 1 aliphatic heterocycles. The summed E-state index contributed by atoms with van der Waals surface area (Å²) in [5.74, 6) is 1.64. The van der Waals surface area contributed by atoms with Gasteiger partial charge in [-0.3, -0.25) is 4.79 Å². The number of nitrogens with zero attached hydrogens (tertiary/aromatic N) is 2. The van der Waals surface area contributed by atoms with Crippen molar-refractivity contribution < 1.29 is 14.3 Å². The zero-order valence-corrected chi connectivity index (χ0v) is 28.5. The molecule has 4 N–H and O–H groups in total. The molecule has 0 spiro atoms. The normalized spacial score (nSPS) is 14.9. The van der Waals surface area contributed by atoms with E-state index in [2.05, 4.69) is 117 Å². The van der Waals surface area contributed by atoms with E-state index >= 15 is 0 Å². The Hall–Kier alpha value is -4.86. The van der Waals surface area contributed by atoms with Crippen LogP contribution in [-0.4, -0.2) is 48.2 Å². The Morgan fingerprint density at radius 2 is 1.77 bits per heavy atom. The fraction of sp³-hybridized carbons (Fsp3) is 0.333. The zero-order valence-electron chi connectivity index (χ0n) is 28.5. The second-order valence-corrected chi connectivity index (χ2v) is 13.3. The molecule has 1 saturated heterocycles. The van der Waals surface area contributed by atoms with Crippen molar-refractivity contribution in [3.63, 3.8) is 0 Å². The number of nitrogens with one attached hydrogen (secondary N) is 4. The molecule has 1 amide bonds. The molecule has 4 aromatic carbocycles. The number of amides is 1. The predicted octanol–water partition coefficient (Wildman–Crippen LogP) is 7.18. The number of morpholine rings is 1. The van der Waals surface area contributed by atoms with Crippen molar-refractivity contribution >= 4 is 33.9 Å². The lowest BCUT2D eigenvalue weighted by Crippen LogP contribution is -2.48. The van der Waals surface area contributed by atoms with Crippen molar-refractivity contribution in [2.75, 3.05) is 42.4 Å². The Morgan fingerprint density at radius 3 is 2.50 bits per heavy atom. The Labute approximate surface area is 283 Å². The van der Waals surface area contributed by atoms with Gasteiger partial charge in [-0.05, 0) is 54.8 Å². The van der Waals surface area contributed by atoms with Crippen LogP contribution in [0.4, 0.5) is 17.2 Å². The number of hydrogen-bond acceptors (Lipinski definition) is 7. The van der Waals surface area contributed by atoms with Gasteiger partial charge < -0.3 is 30.7 Å². The number of rotatable bonds is 11. The van der Waals surface area contributed by atoms with Crippen LogP contribution in [0.25, 0.3) is 16.5 Å². The molecule has 2 heterocycles. The highest BCUT2D eigenvalue weighted by Gasteiger charge is 2.23. The van der Waals surface area contributed by atoms with Crippen molar-refractivity contribution in [1.82, 2.24) is 15.1 Å². The largest absolute Gasteiger partial charge is 0.488 e. The van der Waals surface area contributed by atoms with E-state index in [9.17, 15) is 4.79 Å². The van der Waals surface area contributed by atoms with Crippen LogP contribution in [0.3, 0.4) is 0 Å². The maximum absolute atomic E-state index is 12.9. The number of carbonyl (C=O) groups excluding carboxylic acids is 1. The van der Waals surface area contributed by atoms with E-state index in [1.807, 2.05) is 28.9 Å². The van der Waals surface area contributed by atoms with Crippen molar-refractivity contribution in [1.29, 1.82) is 0 Å². The third kappa shape index (κ3) is 7.64. The second-order valence-electron chi connectivity index (χ2n) is 13.3. The molecular formula is C39H46N6O3. The summed E-state index contributed by atoms with van der Waals surface area (Å²) in [6.07, 6.45) is 0.811. The maximum Gasteiger partial charge on any atom is 0.243 e. The minimum Gasteiger partial charge on any atom is -0.488 e. The first kappa shape index (κ1) is 33.1. The van der Waals surface area contributed by atoms with Gasteiger partial charge in [0.2, 0.25) is 5.91 Å². The molecule has 1 fully saturated rings. The van der Waals surface area contributed by atoms with Crippen LogP contribution < -0.4 is 26.0 Å². The number of anilines is 3. The molecule has 0 saturated carbocycles. The van der Waals surface area contributed by atoms with Gasteiger partial charge in [-0.2, -0.15) is 5.10 Å². The van der Waals surface area contributed by atoms with Gasteiger partial charge in [-0.15, -0.1) is 0 Å². The van der Waals surface area contributed by atoms with Crippen molar-refractivity contribution in [3.8, 4) is 11.4 Å². The first-order chi connectivity index (χ1) is 23.2. The van der Waals surface area contributed by atoms with E-state index in [4.69, 9.17) is 14.6 Å². The molecule has 9 heteroatoms. The summed E-state index contributed by atoms with van der Waals surface area (Å²) in [5.41, 5.74) is 7.03. The summed E-state index contributed by atoms with van der Waals surface area (Å²) in [6.45, 7) is 13.2.